The van der Waals surface area contributed by atoms with Crippen molar-refractivity contribution in [1.82, 2.24) is 15.0 Å². The maximum absolute atomic E-state index is 12.2. The Morgan fingerprint density at radius 2 is 2.04 bits per heavy atom. The Morgan fingerprint density at radius 3 is 2.72 bits per heavy atom. The molecule has 1 aliphatic carbocycles. The van der Waals surface area contributed by atoms with E-state index in [1.165, 1.54) is 12.8 Å². The summed E-state index contributed by atoms with van der Waals surface area (Å²) in [5.41, 5.74) is -0.0595. The number of aromatic nitrogens is 2. The molecular weight excluding hydrogens is 318 g/mol. The van der Waals surface area contributed by atoms with E-state index in [9.17, 15) is 4.79 Å². The fourth-order valence-electron chi connectivity index (χ4n) is 4.26. The summed E-state index contributed by atoms with van der Waals surface area (Å²) in [6.07, 6.45) is 7.24. The van der Waals surface area contributed by atoms with E-state index in [4.69, 9.17) is 9.26 Å². The van der Waals surface area contributed by atoms with Crippen LogP contribution in [0.25, 0.3) is 0 Å². The van der Waals surface area contributed by atoms with Crippen molar-refractivity contribution in [3.63, 3.8) is 0 Å². The number of hydrogen-bond donors (Lipinski definition) is 0. The van der Waals surface area contributed by atoms with Crippen LogP contribution in [0.3, 0.4) is 0 Å². The second-order valence-electron chi connectivity index (χ2n) is 8.39. The first-order valence-electron chi connectivity index (χ1n) is 9.80. The van der Waals surface area contributed by atoms with Crippen LogP contribution >= 0.6 is 0 Å². The summed E-state index contributed by atoms with van der Waals surface area (Å²) >= 11 is 0. The summed E-state index contributed by atoms with van der Waals surface area (Å²) in [6, 6.07) is 0. The molecule has 3 fully saturated rings. The number of piperidine rings is 1. The van der Waals surface area contributed by atoms with Crippen LogP contribution in [0.2, 0.25) is 0 Å². The molecule has 0 aromatic carbocycles. The van der Waals surface area contributed by atoms with Crippen molar-refractivity contribution in [1.29, 1.82) is 0 Å². The number of ether oxygens (including phenoxy) is 1. The minimum atomic E-state index is -0.0595. The van der Waals surface area contributed by atoms with E-state index in [0.717, 1.165) is 63.5 Å². The number of rotatable bonds is 4. The van der Waals surface area contributed by atoms with Gasteiger partial charge in [-0.2, -0.15) is 4.98 Å². The van der Waals surface area contributed by atoms with Crippen LogP contribution in [0.1, 0.15) is 70.0 Å². The van der Waals surface area contributed by atoms with E-state index in [-0.39, 0.29) is 17.4 Å². The Labute approximate surface area is 149 Å². The van der Waals surface area contributed by atoms with Crippen LogP contribution in [0.15, 0.2) is 4.52 Å². The first-order chi connectivity index (χ1) is 12.0. The molecule has 1 amide bonds. The molecule has 0 radical (unpaired) electrons. The maximum Gasteiger partial charge on any atom is 0.226 e. The number of hydrogen-bond acceptors (Lipinski definition) is 5. The SMILES string of the molecule is CC(C)C(=O)N1CCC2(CC1)CC(Cc1nc(C3CC3)no1)CCO2. The van der Waals surface area contributed by atoms with Crippen molar-refractivity contribution in [2.24, 2.45) is 11.8 Å². The molecule has 1 unspecified atom stereocenters. The molecule has 4 rings (SSSR count). The monoisotopic (exact) mass is 347 g/mol. The van der Waals surface area contributed by atoms with Crippen LogP contribution in [-0.4, -0.2) is 46.2 Å². The van der Waals surface area contributed by atoms with E-state index in [1.807, 2.05) is 18.7 Å². The van der Waals surface area contributed by atoms with Crippen molar-refractivity contribution in [2.75, 3.05) is 19.7 Å². The second-order valence-corrected chi connectivity index (χ2v) is 8.39. The Morgan fingerprint density at radius 1 is 1.28 bits per heavy atom. The normalized spacial score (nSPS) is 26.4. The van der Waals surface area contributed by atoms with Crippen LogP contribution in [0, 0.1) is 11.8 Å². The molecule has 6 nitrogen and oxygen atoms in total. The number of carbonyl (C=O) groups is 1. The van der Waals surface area contributed by atoms with E-state index in [0.29, 0.717) is 11.8 Å². The highest BCUT2D eigenvalue weighted by atomic mass is 16.5. The van der Waals surface area contributed by atoms with E-state index >= 15 is 0 Å². The zero-order valence-corrected chi connectivity index (χ0v) is 15.4. The predicted octanol–water partition coefficient (Wildman–Crippen LogP) is 2.93. The first-order valence-corrected chi connectivity index (χ1v) is 9.80. The second kappa shape index (κ2) is 6.71. The van der Waals surface area contributed by atoms with Gasteiger partial charge in [-0.3, -0.25) is 4.79 Å². The highest BCUT2D eigenvalue weighted by Gasteiger charge is 2.41. The molecule has 2 aliphatic heterocycles. The molecule has 6 heteroatoms. The molecule has 0 N–H and O–H groups in total. The lowest BCUT2D eigenvalue weighted by Crippen LogP contribution is -2.51. The van der Waals surface area contributed by atoms with Gasteiger partial charge in [0.15, 0.2) is 5.82 Å². The van der Waals surface area contributed by atoms with Crippen molar-refractivity contribution >= 4 is 5.91 Å². The first kappa shape index (κ1) is 17.0. The fraction of sp³-hybridized carbons (Fsp3) is 0.842. The molecule has 1 aromatic rings. The van der Waals surface area contributed by atoms with Crippen molar-refractivity contribution < 1.29 is 14.1 Å². The standard InChI is InChI=1S/C19H29N3O3/c1-13(2)18(23)22-8-6-19(7-9-22)12-14(5-10-24-19)11-16-20-17(21-25-16)15-3-4-15/h13-15H,3-12H2,1-2H3. The number of nitrogens with zero attached hydrogens (tertiary/aromatic N) is 3. The van der Waals surface area contributed by atoms with Crippen LogP contribution < -0.4 is 0 Å². The summed E-state index contributed by atoms with van der Waals surface area (Å²) < 4.78 is 11.7. The Balaban J connectivity index is 1.33. The maximum atomic E-state index is 12.2. The van der Waals surface area contributed by atoms with E-state index < -0.39 is 0 Å². The molecule has 1 aromatic heterocycles. The van der Waals surface area contributed by atoms with Crippen molar-refractivity contribution in [3.8, 4) is 0 Å². The van der Waals surface area contributed by atoms with Crippen molar-refractivity contribution in [2.45, 2.75) is 70.3 Å². The number of likely N-dealkylation sites (tertiary alicyclic amines) is 1. The van der Waals surface area contributed by atoms with Gasteiger partial charge in [0.05, 0.1) is 5.60 Å². The van der Waals surface area contributed by atoms with Gasteiger partial charge in [0.2, 0.25) is 11.8 Å². The van der Waals surface area contributed by atoms with Gasteiger partial charge >= 0.3 is 0 Å². The summed E-state index contributed by atoms with van der Waals surface area (Å²) in [7, 11) is 0. The van der Waals surface area contributed by atoms with Gasteiger partial charge in [-0.1, -0.05) is 19.0 Å². The smallest absolute Gasteiger partial charge is 0.226 e. The molecule has 1 spiro atoms. The lowest BCUT2D eigenvalue weighted by Gasteiger charge is -2.46. The zero-order valence-electron chi connectivity index (χ0n) is 15.4. The van der Waals surface area contributed by atoms with Gasteiger partial charge in [-0.05, 0) is 44.4 Å². The molecule has 25 heavy (non-hydrogen) atoms. The van der Waals surface area contributed by atoms with Gasteiger partial charge in [0.25, 0.3) is 0 Å². The van der Waals surface area contributed by atoms with E-state index in [1.54, 1.807) is 0 Å². The Bertz CT molecular complexity index is 615. The number of carbonyl (C=O) groups excluding carboxylic acids is 1. The third kappa shape index (κ3) is 3.73. The molecule has 2 saturated heterocycles. The van der Waals surface area contributed by atoms with Crippen LogP contribution in [-0.2, 0) is 16.0 Å². The minimum Gasteiger partial charge on any atom is -0.375 e. The van der Waals surface area contributed by atoms with Gasteiger partial charge in [-0.25, -0.2) is 0 Å². The molecular formula is C19H29N3O3. The van der Waals surface area contributed by atoms with Crippen molar-refractivity contribution in [3.05, 3.63) is 11.7 Å². The number of amides is 1. The molecule has 0 bridgehead atoms. The lowest BCUT2D eigenvalue weighted by molar-refractivity contribution is -0.149. The molecule has 3 aliphatic rings. The quantitative estimate of drug-likeness (QED) is 0.838. The Hall–Kier alpha value is -1.43. The predicted molar refractivity (Wildman–Crippen MR) is 92.0 cm³/mol. The summed E-state index contributed by atoms with van der Waals surface area (Å²) in [5.74, 6) is 3.11. The zero-order chi connectivity index (χ0) is 17.4. The topological polar surface area (TPSA) is 68.5 Å². The van der Waals surface area contributed by atoms with Gasteiger partial charge in [0.1, 0.15) is 0 Å². The largest absolute Gasteiger partial charge is 0.375 e. The molecule has 1 saturated carbocycles. The minimum absolute atomic E-state index is 0.0595. The fourth-order valence-corrected chi connectivity index (χ4v) is 4.26. The molecule has 1 atom stereocenters. The summed E-state index contributed by atoms with van der Waals surface area (Å²) in [4.78, 5) is 18.8. The van der Waals surface area contributed by atoms with Gasteiger partial charge < -0.3 is 14.2 Å². The van der Waals surface area contributed by atoms with Crippen LogP contribution in [0.5, 0.6) is 0 Å². The average molecular weight is 347 g/mol. The third-order valence-corrected chi connectivity index (χ3v) is 5.96. The highest BCUT2D eigenvalue weighted by molar-refractivity contribution is 5.78. The highest BCUT2D eigenvalue weighted by Crippen LogP contribution is 2.40. The molecule has 138 valence electrons. The third-order valence-electron chi connectivity index (χ3n) is 5.96. The molecule has 3 heterocycles. The summed E-state index contributed by atoms with van der Waals surface area (Å²) in [6.45, 7) is 6.37. The Kier molecular flexibility index (Phi) is 4.56. The lowest BCUT2D eigenvalue weighted by atomic mass is 9.78. The average Bonchev–Trinajstić information content (AvgIpc) is 3.35. The summed E-state index contributed by atoms with van der Waals surface area (Å²) in [5, 5.41) is 4.13. The van der Waals surface area contributed by atoms with Gasteiger partial charge in [0, 0.05) is 38.0 Å². The van der Waals surface area contributed by atoms with Crippen LogP contribution in [0.4, 0.5) is 0 Å². The van der Waals surface area contributed by atoms with Gasteiger partial charge in [-0.15, -0.1) is 0 Å². The van der Waals surface area contributed by atoms with E-state index in [2.05, 4.69) is 10.1 Å².